The van der Waals surface area contributed by atoms with Crippen molar-refractivity contribution in [1.29, 1.82) is 0 Å². The zero-order valence-corrected chi connectivity index (χ0v) is 18.7. The van der Waals surface area contributed by atoms with Gasteiger partial charge >= 0.3 is 0 Å². The molecule has 0 spiro atoms. The van der Waals surface area contributed by atoms with E-state index >= 15 is 0 Å². The lowest BCUT2D eigenvalue weighted by Crippen LogP contribution is -2.25. The summed E-state index contributed by atoms with van der Waals surface area (Å²) in [4.78, 5) is 4.67. The lowest BCUT2D eigenvalue weighted by atomic mass is 9.95. The molecule has 5 rings (SSSR count). The number of aryl methyl sites for hydroxylation is 1. The standard InChI is InChI=1S/C24H26ClN7/c1-15-7-8-20(25)21(9-15)31-24(26)19-13-29-32-14-16(17-11-27-28-12-17)10-22(32)23(19)30-18-5-3-2-4-6-18/h7-14,18,30H,2-6H2,1H3,(H2,26,31)(H,27,28). The molecule has 8 heteroatoms. The van der Waals surface area contributed by atoms with Gasteiger partial charge in [0.15, 0.2) is 0 Å². The third-order valence-electron chi connectivity index (χ3n) is 6.04. The van der Waals surface area contributed by atoms with Crippen molar-refractivity contribution in [2.24, 2.45) is 10.7 Å². The van der Waals surface area contributed by atoms with Crippen LogP contribution < -0.4 is 11.1 Å². The maximum absolute atomic E-state index is 6.53. The number of nitrogens with two attached hydrogens (primary N) is 1. The normalized spacial score (nSPS) is 15.4. The lowest BCUT2D eigenvalue weighted by Gasteiger charge is -2.25. The third kappa shape index (κ3) is 4.08. The van der Waals surface area contributed by atoms with E-state index in [4.69, 9.17) is 17.3 Å². The fourth-order valence-corrected chi connectivity index (χ4v) is 4.48. The number of amidine groups is 1. The van der Waals surface area contributed by atoms with Gasteiger partial charge in [-0.05, 0) is 43.5 Å². The van der Waals surface area contributed by atoms with Gasteiger partial charge in [-0.3, -0.25) is 5.10 Å². The van der Waals surface area contributed by atoms with Crippen LogP contribution in [0.4, 0.5) is 11.4 Å². The van der Waals surface area contributed by atoms with Crippen molar-refractivity contribution < 1.29 is 0 Å². The highest BCUT2D eigenvalue weighted by Crippen LogP contribution is 2.32. The average molecular weight is 448 g/mol. The summed E-state index contributed by atoms with van der Waals surface area (Å²) in [6.07, 6.45) is 13.5. The Balaban J connectivity index is 1.62. The first kappa shape index (κ1) is 20.6. The van der Waals surface area contributed by atoms with Gasteiger partial charge in [-0.15, -0.1) is 0 Å². The fourth-order valence-electron chi connectivity index (χ4n) is 4.32. The van der Waals surface area contributed by atoms with E-state index in [1.54, 1.807) is 12.4 Å². The van der Waals surface area contributed by atoms with Crippen LogP contribution in [0.5, 0.6) is 0 Å². The molecule has 1 saturated carbocycles. The molecule has 0 aliphatic heterocycles. The number of anilines is 1. The summed E-state index contributed by atoms with van der Waals surface area (Å²) in [6, 6.07) is 8.24. The third-order valence-corrected chi connectivity index (χ3v) is 6.36. The van der Waals surface area contributed by atoms with Gasteiger partial charge in [0, 0.05) is 29.6 Å². The largest absolute Gasteiger partial charge is 0.383 e. The van der Waals surface area contributed by atoms with Crippen LogP contribution in [0.3, 0.4) is 0 Å². The number of hydrogen-bond donors (Lipinski definition) is 3. The summed E-state index contributed by atoms with van der Waals surface area (Å²) in [7, 11) is 0. The van der Waals surface area contributed by atoms with E-state index in [2.05, 4.69) is 31.7 Å². The minimum atomic E-state index is 0.386. The first-order valence-corrected chi connectivity index (χ1v) is 11.3. The number of hydrogen-bond acceptors (Lipinski definition) is 4. The minimum absolute atomic E-state index is 0.386. The molecule has 0 bridgehead atoms. The summed E-state index contributed by atoms with van der Waals surface area (Å²) < 4.78 is 1.88. The number of aliphatic imine (C=N–C) groups is 1. The molecule has 7 nitrogen and oxygen atoms in total. The van der Waals surface area contributed by atoms with Gasteiger partial charge < -0.3 is 11.1 Å². The smallest absolute Gasteiger partial charge is 0.135 e. The Kier molecular flexibility index (Phi) is 5.57. The van der Waals surface area contributed by atoms with Crippen molar-refractivity contribution in [1.82, 2.24) is 19.8 Å². The highest BCUT2D eigenvalue weighted by Gasteiger charge is 2.20. The lowest BCUT2D eigenvalue weighted by molar-refractivity contribution is 0.463. The molecule has 0 atom stereocenters. The maximum atomic E-state index is 6.53. The molecule has 3 heterocycles. The van der Waals surface area contributed by atoms with E-state index < -0.39 is 0 Å². The summed E-state index contributed by atoms with van der Waals surface area (Å²) in [5, 5.41) is 15.9. The maximum Gasteiger partial charge on any atom is 0.135 e. The molecule has 164 valence electrons. The van der Waals surface area contributed by atoms with Gasteiger partial charge in [-0.2, -0.15) is 10.2 Å². The number of aromatic amines is 1. The first-order valence-electron chi connectivity index (χ1n) is 11.0. The second-order valence-corrected chi connectivity index (χ2v) is 8.82. The number of nitrogens with one attached hydrogen (secondary N) is 2. The van der Waals surface area contributed by atoms with Gasteiger partial charge in [0.25, 0.3) is 0 Å². The summed E-state index contributed by atoms with van der Waals surface area (Å²) >= 11 is 6.37. The number of aromatic nitrogens is 4. The molecular weight excluding hydrogens is 422 g/mol. The highest BCUT2D eigenvalue weighted by molar-refractivity contribution is 6.33. The number of H-pyrrole nitrogens is 1. The van der Waals surface area contributed by atoms with E-state index in [0.717, 1.165) is 46.3 Å². The van der Waals surface area contributed by atoms with Gasteiger partial charge in [0.2, 0.25) is 0 Å². The molecule has 0 saturated heterocycles. The topological polar surface area (TPSA) is 96.4 Å². The molecule has 32 heavy (non-hydrogen) atoms. The molecule has 0 amide bonds. The summed E-state index contributed by atoms with van der Waals surface area (Å²) in [6.45, 7) is 2.01. The Labute approximate surface area is 191 Å². The van der Waals surface area contributed by atoms with Gasteiger partial charge in [0.05, 0.1) is 39.9 Å². The van der Waals surface area contributed by atoms with Crippen LogP contribution in [0.2, 0.25) is 5.02 Å². The predicted octanol–water partition coefficient (Wildman–Crippen LogP) is 5.47. The molecule has 0 radical (unpaired) electrons. The van der Waals surface area contributed by atoms with Crippen molar-refractivity contribution in [3.05, 3.63) is 65.2 Å². The van der Waals surface area contributed by atoms with Crippen molar-refractivity contribution in [3.63, 3.8) is 0 Å². The second kappa shape index (κ2) is 8.67. The zero-order chi connectivity index (χ0) is 22.1. The number of halogens is 1. The number of nitrogens with zero attached hydrogens (tertiary/aromatic N) is 4. The van der Waals surface area contributed by atoms with E-state index in [-0.39, 0.29) is 0 Å². The minimum Gasteiger partial charge on any atom is -0.383 e. The Bertz CT molecular complexity index is 1270. The van der Waals surface area contributed by atoms with Crippen molar-refractivity contribution in [2.75, 3.05) is 5.32 Å². The summed E-state index contributed by atoms with van der Waals surface area (Å²) in [5.41, 5.74) is 13.0. The molecule has 1 aromatic carbocycles. The monoisotopic (exact) mass is 447 g/mol. The number of rotatable bonds is 5. The molecular formula is C24H26ClN7. The van der Waals surface area contributed by atoms with Crippen molar-refractivity contribution >= 4 is 34.3 Å². The Morgan fingerprint density at radius 2 is 2.03 bits per heavy atom. The van der Waals surface area contributed by atoms with Crippen molar-refractivity contribution in [2.45, 2.75) is 45.1 Å². The zero-order valence-electron chi connectivity index (χ0n) is 18.0. The van der Waals surface area contributed by atoms with Crippen LogP contribution in [0.15, 0.2) is 54.0 Å². The van der Waals surface area contributed by atoms with Crippen LogP contribution in [0, 0.1) is 6.92 Å². The van der Waals surface area contributed by atoms with Crippen molar-refractivity contribution in [3.8, 4) is 11.1 Å². The molecule has 4 aromatic rings. The van der Waals surface area contributed by atoms with Crippen LogP contribution >= 0.6 is 11.6 Å². The van der Waals surface area contributed by atoms with E-state index in [1.807, 2.05) is 42.0 Å². The molecule has 4 N–H and O–H groups in total. The van der Waals surface area contributed by atoms with Gasteiger partial charge in [-0.25, -0.2) is 9.51 Å². The Morgan fingerprint density at radius 3 is 2.81 bits per heavy atom. The molecule has 0 unspecified atom stereocenters. The first-order chi connectivity index (χ1) is 15.6. The Hall–Kier alpha value is -3.32. The molecule has 1 fully saturated rings. The van der Waals surface area contributed by atoms with Gasteiger partial charge in [0.1, 0.15) is 5.84 Å². The molecule has 1 aliphatic rings. The highest BCUT2D eigenvalue weighted by atomic mass is 35.5. The fraction of sp³-hybridized carbons (Fsp3) is 0.292. The number of benzene rings is 1. The second-order valence-electron chi connectivity index (χ2n) is 8.41. The summed E-state index contributed by atoms with van der Waals surface area (Å²) in [5.74, 6) is 0.386. The van der Waals surface area contributed by atoms with E-state index in [9.17, 15) is 0 Å². The molecule has 1 aliphatic carbocycles. The average Bonchev–Trinajstić information content (AvgIpc) is 3.47. The van der Waals surface area contributed by atoms with Crippen LogP contribution in [0.1, 0.15) is 43.2 Å². The predicted molar refractivity (Wildman–Crippen MR) is 130 cm³/mol. The van der Waals surface area contributed by atoms with Crippen LogP contribution in [-0.4, -0.2) is 31.7 Å². The van der Waals surface area contributed by atoms with E-state index in [1.165, 1.54) is 19.3 Å². The quantitative estimate of drug-likeness (QED) is 0.279. The van der Waals surface area contributed by atoms with E-state index in [0.29, 0.717) is 22.6 Å². The van der Waals surface area contributed by atoms with Crippen LogP contribution in [0.25, 0.3) is 16.6 Å². The van der Waals surface area contributed by atoms with Crippen LogP contribution in [-0.2, 0) is 0 Å². The number of fused-ring (bicyclic) bond motifs is 1. The SMILES string of the molecule is Cc1ccc(Cl)c(N=C(N)c2cnn3cc(-c4cn[nH]c4)cc3c2NC2CCCCC2)c1. The molecule has 3 aromatic heterocycles. The van der Waals surface area contributed by atoms with Gasteiger partial charge in [-0.1, -0.05) is 36.9 Å². The Morgan fingerprint density at radius 1 is 1.19 bits per heavy atom.